The number of rotatable bonds is 6. The highest BCUT2D eigenvalue weighted by molar-refractivity contribution is 7.89. The molecule has 6 nitrogen and oxygen atoms in total. The lowest BCUT2D eigenvalue weighted by molar-refractivity contribution is -0.274. The molecule has 2 heterocycles. The molecule has 1 aromatic heterocycles. The number of aryl methyl sites for hydroxylation is 2. The molecule has 0 atom stereocenters. The second kappa shape index (κ2) is 8.49. The smallest absolute Gasteiger partial charge is 0.406 e. The van der Waals surface area contributed by atoms with E-state index in [0.717, 1.165) is 47.9 Å². The Balaban J connectivity index is 1.66. The summed E-state index contributed by atoms with van der Waals surface area (Å²) in [6, 6.07) is 4.27. The standard InChI is InChI=1S/C18H22F3N3O3S2/c1-3-4-16-13(2)22-17(28-16)23-9-11-24(12-10-23)29(25,26)15-7-5-14(6-8-15)27-18(19,20)21/h5-8H,3-4,9-12H2,1-2H3. The van der Waals surface area contributed by atoms with E-state index in [1.807, 2.05) is 6.92 Å². The van der Waals surface area contributed by atoms with Crippen molar-refractivity contribution in [2.24, 2.45) is 0 Å². The SMILES string of the molecule is CCCc1sc(N2CCN(S(=O)(=O)c3ccc(OC(F)(F)F)cc3)CC2)nc1C. The maximum atomic E-state index is 12.8. The van der Waals surface area contributed by atoms with Gasteiger partial charge in [-0.1, -0.05) is 13.3 Å². The van der Waals surface area contributed by atoms with Crippen LogP contribution in [0.4, 0.5) is 18.3 Å². The van der Waals surface area contributed by atoms with E-state index >= 15 is 0 Å². The average Bonchev–Trinajstić information content (AvgIpc) is 3.02. The number of piperazine rings is 1. The molecule has 1 aliphatic rings. The second-order valence-electron chi connectivity index (χ2n) is 6.67. The number of benzene rings is 1. The Bertz CT molecular complexity index is 935. The van der Waals surface area contributed by atoms with Crippen molar-refractivity contribution < 1.29 is 26.3 Å². The zero-order valence-electron chi connectivity index (χ0n) is 16.1. The molecule has 160 valence electrons. The minimum Gasteiger partial charge on any atom is -0.406 e. The summed E-state index contributed by atoms with van der Waals surface area (Å²) in [6.07, 6.45) is -2.80. The van der Waals surface area contributed by atoms with E-state index in [-0.39, 0.29) is 18.0 Å². The molecule has 1 aromatic carbocycles. The number of thiazole rings is 1. The number of sulfonamides is 1. The summed E-state index contributed by atoms with van der Waals surface area (Å²) in [4.78, 5) is 7.87. The fourth-order valence-electron chi connectivity index (χ4n) is 3.09. The number of hydrogen-bond acceptors (Lipinski definition) is 6. The summed E-state index contributed by atoms with van der Waals surface area (Å²) in [5.74, 6) is -0.455. The molecule has 0 N–H and O–H groups in total. The van der Waals surface area contributed by atoms with Gasteiger partial charge < -0.3 is 9.64 Å². The number of ether oxygens (including phenoxy) is 1. The topological polar surface area (TPSA) is 62.7 Å². The van der Waals surface area contributed by atoms with Crippen molar-refractivity contribution in [2.45, 2.75) is 37.9 Å². The van der Waals surface area contributed by atoms with Gasteiger partial charge >= 0.3 is 6.36 Å². The van der Waals surface area contributed by atoms with Crippen LogP contribution in [0.1, 0.15) is 23.9 Å². The van der Waals surface area contributed by atoms with Crippen molar-refractivity contribution in [3.05, 3.63) is 34.8 Å². The molecule has 3 rings (SSSR count). The van der Waals surface area contributed by atoms with Gasteiger partial charge in [0.1, 0.15) is 5.75 Å². The maximum Gasteiger partial charge on any atom is 0.573 e. The van der Waals surface area contributed by atoms with Crippen molar-refractivity contribution in [3.8, 4) is 5.75 Å². The Morgan fingerprint density at radius 3 is 2.31 bits per heavy atom. The minimum atomic E-state index is -4.82. The number of halogens is 3. The summed E-state index contributed by atoms with van der Waals surface area (Å²) >= 11 is 1.64. The normalized spacial score (nSPS) is 16.2. The van der Waals surface area contributed by atoms with Gasteiger partial charge in [-0.25, -0.2) is 13.4 Å². The first-order valence-corrected chi connectivity index (χ1v) is 11.4. The highest BCUT2D eigenvalue weighted by atomic mass is 32.2. The van der Waals surface area contributed by atoms with Gasteiger partial charge in [0, 0.05) is 31.1 Å². The molecular weight excluding hydrogens is 427 g/mol. The Hall–Kier alpha value is -1.85. The lowest BCUT2D eigenvalue weighted by Gasteiger charge is -2.33. The van der Waals surface area contributed by atoms with Gasteiger partial charge in [-0.05, 0) is 37.6 Å². The van der Waals surface area contributed by atoms with Crippen LogP contribution in [-0.2, 0) is 16.4 Å². The number of alkyl halides is 3. The molecule has 0 spiro atoms. The van der Waals surface area contributed by atoms with Crippen molar-refractivity contribution in [1.29, 1.82) is 0 Å². The molecule has 0 aliphatic carbocycles. The fourth-order valence-corrected chi connectivity index (χ4v) is 5.73. The molecule has 0 bridgehead atoms. The van der Waals surface area contributed by atoms with Crippen LogP contribution in [-0.4, -0.2) is 50.2 Å². The molecule has 0 unspecified atom stereocenters. The number of hydrogen-bond donors (Lipinski definition) is 0. The Morgan fingerprint density at radius 1 is 1.14 bits per heavy atom. The van der Waals surface area contributed by atoms with Gasteiger partial charge in [-0.2, -0.15) is 4.31 Å². The van der Waals surface area contributed by atoms with Crippen LogP contribution in [0, 0.1) is 6.92 Å². The Kier molecular flexibility index (Phi) is 6.39. The van der Waals surface area contributed by atoms with Gasteiger partial charge in [0.05, 0.1) is 10.6 Å². The summed E-state index contributed by atoms with van der Waals surface area (Å²) < 4.78 is 67.5. The zero-order chi connectivity index (χ0) is 21.2. The maximum absolute atomic E-state index is 12.8. The predicted molar refractivity (Wildman–Crippen MR) is 105 cm³/mol. The van der Waals surface area contributed by atoms with Crippen molar-refractivity contribution in [3.63, 3.8) is 0 Å². The third kappa shape index (κ3) is 5.20. The molecule has 1 fully saturated rings. The quantitative estimate of drug-likeness (QED) is 0.671. The van der Waals surface area contributed by atoms with Gasteiger partial charge in [0.25, 0.3) is 0 Å². The monoisotopic (exact) mass is 449 g/mol. The van der Waals surface area contributed by atoms with Crippen LogP contribution >= 0.6 is 11.3 Å². The molecule has 11 heteroatoms. The van der Waals surface area contributed by atoms with Crippen LogP contribution in [0.3, 0.4) is 0 Å². The van der Waals surface area contributed by atoms with E-state index in [1.165, 1.54) is 9.18 Å². The van der Waals surface area contributed by atoms with Gasteiger partial charge in [-0.3, -0.25) is 0 Å². The van der Waals surface area contributed by atoms with Crippen molar-refractivity contribution >= 4 is 26.5 Å². The van der Waals surface area contributed by atoms with E-state index in [0.29, 0.717) is 13.1 Å². The van der Waals surface area contributed by atoms with E-state index in [2.05, 4.69) is 21.5 Å². The molecule has 0 amide bonds. The minimum absolute atomic E-state index is 0.0594. The van der Waals surface area contributed by atoms with Gasteiger partial charge in [0.15, 0.2) is 5.13 Å². The highest BCUT2D eigenvalue weighted by Gasteiger charge is 2.32. The van der Waals surface area contributed by atoms with Crippen LogP contribution in [0.15, 0.2) is 29.2 Å². The Labute approximate surface area is 172 Å². The summed E-state index contributed by atoms with van der Waals surface area (Å²) in [7, 11) is -3.79. The molecule has 0 radical (unpaired) electrons. The summed E-state index contributed by atoms with van der Waals surface area (Å²) in [5.41, 5.74) is 1.02. The molecule has 0 saturated carbocycles. The van der Waals surface area contributed by atoms with E-state index < -0.39 is 22.1 Å². The summed E-state index contributed by atoms with van der Waals surface area (Å²) in [6.45, 7) is 5.68. The van der Waals surface area contributed by atoms with E-state index in [9.17, 15) is 21.6 Å². The largest absolute Gasteiger partial charge is 0.573 e. The number of aromatic nitrogens is 1. The first-order valence-electron chi connectivity index (χ1n) is 9.17. The van der Waals surface area contributed by atoms with E-state index in [4.69, 9.17) is 0 Å². The molecule has 1 saturated heterocycles. The van der Waals surface area contributed by atoms with Gasteiger partial charge in [-0.15, -0.1) is 24.5 Å². The second-order valence-corrected chi connectivity index (χ2v) is 9.67. The third-order valence-corrected chi connectivity index (χ3v) is 7.75. The highest BCUT2D eigenvalue weighted by Crippen LogP contribution is 2.29. The lowest BCUT2D eigenvalue weighted by Crippen LogP contribution is -2.48. The van der Waals surface area contributed by atoms with Crippen LogP contribution in [0.5, 0.6) is 5.75 Å². The van der Waals surface area contributed by atoms with Crippen LogP contribution in [0.25, 0.3) is 0 Å². The molecule has 29 heavy (non-hydrogen) atoms. The molecular formula is C18H22F3N3O3S2. The number of nitrogens with zero attached hydrogens (tertiary/aromatic N) is 3. The molecule has 1 aliphatic heterocycles. The van der Waals surface area contributed by atoms with Crippen molar-refractivity contribution in [1.82, 2.24) is 9.29 Å². The molecule has 2 aromatic rings. The van der Waals surface area contributed by atoms with Crippen LogP contribution in [0.2, 0.25) is 0 Å². The fraction of sp³-hybridized carbons (Fsp3) is 0.500. The van der Waals surface area contributed by atoms with E-state index in [1.54, 1.807) is 11.3 Å². The third-order valence-electron chi connectivity index (χ3n) is 4.56. The zero-order valence-corrected chi connectivity index (χ0v) is 17.7. The van der Waals surface area contributed by atoms with Crippen LogP contribution < -0.4 is 9.64 Å². The number of anilines is 1. The predicted octanol–water partition coefficient (Wildman–Crippen LogP) is 3.81. The average molecular weight is 450 g/mol. The first-order chi connectivity index (χ1) is 13.6. The first kappa shape index (κ1) is 21.8. The lowest BCUT2D eigenvalue weighted by atomic mass is 10.2. The van der Waals surface area contributed by atoms with Gasteiger partial charge in [0.2, 0.25) is 10.0 Å². The Morgan fingerprint density at radius 2 is 1.76 bits per heavy atom. The van der Waals surface area contributed by atoms with Crippen molar-refractivity contribution in [2.75, 3.05) is 31.1 Å². The summed E-state index contributed by atoms with van der Waals surface area (Å²) in [5, 5.41) is 0.900.